The number of thioether (sulfide) groups is 1. The molecule has 3 heterocycles. The quantitative estimate of drug-likeness (QED) is 0.894. The van der Waals surface area contributed by atoms with Crippen LogP contribution < -0.4 is 9.80 Å². The topological polar surface area (TPSA) is 69.6 Å². The largest absolute Gasteiger partial charge is 0.480 e. The normalized spacial score (nSPS) is 23.1. The van der Waals surface area contributed by atoms with E-state index in [9.17, 15) is 9.90 Å². The van der Waals surface area contributed by atoms with Crippen LogP contribution in [0.5, 0.6) is 0 Å². The van der Waals surface area contributed by atoms with Gasteiger partial charge in [0, 0.05) is 37.2 Å². The monoisotopic (exact) mass is 294 g/mol. The fourth-order valence-electron chi connectivity index (χ4n) is 2.76. The van der Waals surface area contributed by atoms with Gasteiger partial charge in [-0.2, -0.15) is 11.8 Å². The molecule has 108 valence electrons. The van der Waals surface area contributed by atoms with Gasteiger partial charge in [-0.3, -0.25) is 0 Å². The van der Waals surface area contributed by atoms with Crippen molar-refractivity contribution in [2.24, 2.45) is 0 Å². The highest BCUT2D eigenvalue weighted by atomic mass is 32.2. The zero-order chi connectivity index (χ0) is 13.9. The molecule has 0 spiro atoms. The number of carbonyl (C=O) groups is 1. The molecular weight excluding hydrogens is 276 g/mol. The first-order valence-corrected chi connectivity index (χ1v) is 8.05. The van der Waals surface area contributed by atoms with Gasteiger partial charge in [0.15, 0.2) is 0 Å². The number of rotatable bonds is 3. The molecule has 20 heavy (non-hydrogen) atoms. The summed E-state index contributed by atoms with van der Waals surface area (Å²) in [6.45, 7) is 2.73. The molecule has 0 saturated carbocycles. The molecular formula is C13H18N4O2S. The summed E-state index contributed by atoms with van der Waals surface area (Å²) >= 11 is 1.95. The van der Waals surface area contributed by atoms with Crippen molar-refractivity contribution in [3.8, 4) is 0 Å². The molecule has 0 aliphatic carbocycles. The minimum Gasteiger partial charge on any atom is -0.480 e. The zero-order valence-corrected chi connectivity index (χ0v) is 12.1. The van der Waals surface area contributed by atoms with Crippen LogP contribution in [0.2, 0.25) is 0 Å². The van der Waals surface area contributed by atoms with Crippen molar-refractivity contribution < 1.29 is 9.90 Å². The molecule has 1 N–H and O–H groups in total. The molecule has 7 heteroatoms. The third kappa shape index (κ3) is 2.67. The minimum atomic E-state index is -0.767. The Morgan fingerprint density at radius 1 is 1.25 bits per heavy atom. The second-order valence-electron chi connectivity index (χ2n) is 5.02. The van der Waals surface area contributed by atoms with E-state index in [-0.39, 0.29) is 0 Å². The molecule has 1 aromatic heterocycles. The third-order valence-corrected chi connectivity index (χ3v) is 4.75. The summed E-state index contributed by atoms with van der Waals surface area (Å²) in [5.74, 6) is 3.10. The van der Waals surface area contributed by atoms with Crippen LogP contribution in [0.3, 0.4) is 0 Å². The van der Waals surface area contributed by atoms with Crippen LogP contribution in [0.15, 0.2) is 12.4 Å². The lowest BCUT2D eigenvalue weighted by Crippen LogP contribution is -2.37. The summed E-state index contributed by atoms with van der Waals surface area (Å²) < 4.78 is 0. The van der Waals surface area contributed by atoms with Crippen molar-refractivity contribution >= 4 is 29.4 Å². The molecule has 0 unspecified atom stereocenters. The van der Waals surface area contributed by atoms with Crippen LogP contribution in [0, 0.1) is 0 Å². The summed E-state index contributed by atoms with van der Waals surface area (Å²) in [5.41, 5.74) is 0. The SMILES string of the molecule is O=C(O)[C@@H]1CCCN1c1cc(N2CCSCC2)ncn1. The van der Waals surface area contributed by atoms with Gasteiger partial charge in [-0.25, -0.2) is 14.8 Å². The number of aliphatic carboxylic acids is 1. The van der Waals surface area contributed by atoms with Crippen molar-refractivity contribution in [3.05, 3.63) is 12.4 Å². The third-order valence-electron chi connectivity index (χ3n) is 3.81. The van der Waals surface area contributed by atoms with Gasteiger partial charge >= 0.3 is 5.97 Å². The summed E-state index contributed by atoms with van der Waals surface area (Å²) in [6, 6.07) is 1.48. The molecule has 0 amide bonds. The summed E-state index contributed by atoms with van der Waals surface area (Å²) in [4.78, 5) is 24.0. The number of anilines is 2. The number of aromatic nitrogens is 2. The van der Waals surface area contributed by atoms with E-state index in [1.165, 1.54) is 0 Å². The van der Waals surface area contributed by atoms with Crippen LogP contribution in [0.1, 0.15) is 12.8 Å². The van der Waals surface area contributed by atoms with E-state index in [0.29, 0.717) is 6.42 Å². The van der Waals surface area contributed by atoms with Gasteiger partial charge in [0.1, 0.15) is 24.0 Å². The van der Waals surface area contributed by atoms with E-state index in [1.807, 2.05) is 22.7 Å². The molecule has 2 fully saturated rings. The lowest BCUT2D eigenvalue weighted by atomic mass is 10.2. The van der Waals surface area contributed by atoms with Crippen LogP contribution in [-0.4, -0.2) is 58.2 Å². The lowest BCUT2D eigenvalue weighted by molar-refractivity contribution is -0.138. The Hall–Kier alpha value is -1.50. The average Bonchev–Trinajstić information content (AvgIpc) is 2.98. The first kappa shape index (κ1) is 13.5. The minimum absolute atomic E-state index is 0.449. The number of carboxylic acid groups (broad SMARTS) is 1. The Morgan fingerprint density at radius 2 is 2.00 bits per heavy atom. The number of nitrogens with zero attached hydrogens (tertiary/aromatic N) is 4. The predicted octanol–water partition coefficient (Wildman–Crippen LogP) is 1.08. The van der Waals surface area contributed by atoms with E-state index in [0.717, 1.165) is 49.2 Å². The van der Waals surface area contributed by atoms with Gasteiger partial charge in [0.2, 0.25) is 0 Å². The lowest BCUT2D eigenvalue weighted by Gasteiger charge is -2.29. The van der Waals surface area contributed by atoms with Gasteiger partial charge in [0.25, 0.3) is 0 Å². The molecule has 6 nitrogen and oxygen atoms in total. The van der Waals surface area contributed by atoms with Gasteiger partial charge in [-0.1, -0.05) is 0 Å². The molecule has 0 radical (unpaired) electrons. The molecule has 1 atom stereocenters. The van der Waals surface area contributed by atoms with Crippen LogP contribution >= 0.6 is 11.8 Å². The molecule has 2 aliphatic heterocycles. The van der Waals surface area contributed by atoms with Gasteiger partial charge in [-0.15, -0.1) is 0 Å². The molecule has 0 bridgehead atoms. The van der Waals surface area contributed by atoms with E-state index in [2.05, 4.69) is 14.9 Å². The molecule has 1 aromatic rings. The molecule has 0 aromatic carbocycles. The number of hydrogen-bond donors (Lipinski definition) is 1. The fraction of sp³-hybridized carbons (Fsp3) is 0.615. The van der Waals surface area contributed by atoms with Crippen molar-refractivity contribution in [2.45, 2.75) is 18.9 Å². The first-order valence-electron chi connectivity index (χ1n) is 6.90. The summed E-state index contributed by atoms with van der Waals surface area (Å²) in [6.07, 6.45) is 3.13. The Balaban J connectivity index is 1.81. The van der Waals surface area contributed by atoms with Gasteiger partial charge in [0.05, 0.1) is 0 Å². The smallest absolute Gasteiger partial charge is 0.326 e. The second-order valence-corrected chi connectivity index (χ2v) is 6.25. The van der Waals surface area contributed by atoms with Gasteiger partial charge in [-0.05, 0) is 12.8 Å². The summed E-state index contributed by atoms with van der Waals surface area (Å²) in [7, 11) is 0. The Bertz CT molecular complexity index is 493. The predicted molar refractivity (Wildman–Crippen MR) is 79.6 cm³/mol. The van der Waals surface area contributed by atoms with Gasteiger partial charge < -0.3 is 14.9 Å². The second kappa shape index (κ2) is 5.87. The highest BCUT2D eigenvalue weighted by molar-refractivity contribution is 7.99. The Kier molecular flexibility index (Phi) is 3.95. The average molecular weight is 294 g/mol. The molecule has 2 saturated heterocycles. The van der Waals surface area contributed by atoms with E-state index in [1.54, 1.807) is 6.33 Å². The standard InChI is InChI=1S/C13H18N4O2S/c18-13(19)10-2-1-3-17(10)12-8-11(14-9-15-12)16-4-6-20-7-5-16/h8-10H,1-7H2,(H,18,19)/t10-/m0/s1. The highest BCUT2D eigenvalue weighted by Gasteiger charge is 2.31. The first-order chi connectivity index (χ1) is 9.75. The maximum absolute atomic E-state index is 11.3. The maximum Gasteiger partial charge on any atom is 0.326 e. The van der Waals surface area contributed by atoms with E-state index in [4.69, 9.17) is 0 Å². The van der Waals surface area contributed by atoms with Crippen molar-refractivity contribution in [1.29, 1.82) is 0 Å². The Labute approximate surface area is 122 Å². The van der Waals surface area contributed by atoms with E-state index >= 15 is 0 Å². The highest BCUT2D eigenvalue weighted by Crippen LogP contribution is 2.26. The maximum atomic E-state index is 11.3. The molecule has 2 aliphatic rings. The van der Waals surface area contributed by atoms with Crippen molar-refractivity contribution in [2.75, 3.05) is 40.9 Å². The fourth-order valence-corrected chi connectivity index (χ4v) is 3.66. The number of carboxylic acids is 1. The van der Waals surface area contributed by atoms with Crippen LogP contribution in [-0.2, 0) is 4.79 Å². The summed E-state index contributed by atoms with van der Waals surface area (Å²) in [5, 5.41) is 9.26. The van der Waals surface area contributed by atoms with Crippen molar-refractivity contribution in [1.82, 2.24) is 9.97 Å². The molecule has 3 rings (SSSR count). The van der Waals surface area contributed by atoms with E-state index < -0.39 is 12.0 Å². The number of hydrogen-bond acceptors (Lipinski definition) is 6. The Morgan fingerprint density at radius 3 is 2.75 bits per heavy atom. The zero-order valence-electron chi connectivity index (χ0n) is 11.2. The van der Waals surface area contributed by atoms with Crippen LogP contribution in [0.25, 0.3) is 0 Å². The van der Waals surface area contributed by atoms with Crippen molar-refractivity contribution in [3.63, 3.8) is 0 Å². The van der Waals surface area contributed by atoms with Crippen LogP contribution in [0.4, 0.5) is 11.6 Å².